The molecule has 7 heteroatoms. The molecule has 2 fully saturated rings. The van der Waals surface area contributed by atoms with Crippen LogP contribution in [0.15, 0.2) is 5.38 Å². The highest BCUT2D eigenvalue weighted by Crippen LogP contribution is 2.33. The van der Waals surface area contributed by atoms with Crippen molar-refractivity contribution in [2.75, 3.05) is 18.0 Å². The topological polar surface area (TPSA) is 48.5 Å². The van der Waals surface area contributed by atoms with Crippen LogP contribution < -0.4 is 10.2 Å². The second-order valence-corrected chi connectivity index (χ2v) is 7.17. The fourth-order valence-corrected chi connectivity index (χ4v) is 3.82. The lowest BCUT2D eigenvalue weighted by atomic mass is 10.1. The molecule has 2 atom stereocenters. The summed E-state index contributed by atoms with van der Waals surface area (Å²) in [5.74, 6) is 0.113. The molecule has 1 aliphatic heterocycles. The Labute approximate surface area is 142 Å². The molecule has 5 nitrogen and oxygen atoms in total. The van der Waals surface area contributed by atoms with Crippen molar-refractivity contribution in [1.82, 2.24) is 15.2 Å². The zero-order valence-electron chi connectivity index (χ0n) is 13.4. The summed E-state index contributed by atoms with van der Waals surface area (Å²) in [5, 5.41) is 6.47. The molecule has 2 heterocycles. The highest BCUT2D eigenvalue weighted by atomic mass is 35.5. The van der Waals surface area contributed by atoms with Gasteiger partial charge < -0.3 is 5.32 Å². The quantitative estimate of drug-likeness (QED) is 0.910. The summed E-state index contributed by atoms with van der Waals surface area (Å²) in [6, 6.07) is 1.44. The molecule has 1 aromatic heterocycles. The van der Waals surface area contributed by atoms with E-state index in [0.717, 1.165) is 43.3 Å². The number of aromatic nitrogens is 1. The van der Waals surface area contributed by atoms with Gasteiger partial charge in [-0.15, -0.1) is 23.7 Å². The molecule has 0 spiro atoms. The van der Waals surface area contributed by atoms with E-state index in [1.807, 2.05) is 4.90 Å². The van der Waals surface area contributed by atoms with E-state index in [-0.39, 0.29) is 18.3 Å². The first kappa shape index (κ1) is 17.7. The molecule has 0 aromatic carbocycles. The number of piperazine rings is 1. The Morgan fingerprint density at radius 2 is 2.23 bits per heavy atom. The third-order valence-electron chi connectivity index (χ3n) is 4.26. The van der Waals surface area contributed by atoms with Crippen LogP contribution in [0.25, 0.3) is 0 Å². The van der Waals surface area contributed by atoms with Crippen LogP contribution in [0.5, 0.6) is 0 Å². The van der Waals surface area contributed by atoms with E-state index in [1.54, 1.807) is 18.3 Å². The number of nitrogens with zero attached hydrogens (tertiary/aromatic N) is 3. The lowest BCUT2D eigenvalue weighted by Gasteiger charge is -2.37. The van der Waals surface area contributed by atoms with Crippen molar-refractivity contribution in [2.24, 2.45) is 0 Å². The number of rotatable bonds is 4. The number of anilines is 1. The molecule has 0 bridgehead atoms. The number of carbonyl (C=O) groups excluding carboxylic acids is 1. The lowest BCUT2D eigenvalue weighted by molar-refractivity contribution is -0.116. The smallest absolute Gasteiger partial charge is 0.225 e. The summed E-state index contributed by atoms with van der Waals surface area (Å²) >= 11 is 1.60. The standard InChI is InChI=1S/C15H24N4OS.ClH/c1-10-7-18(11(2)6-16-10)8-13-9-21-15(17-13)19(12(3)20)14-4-5-14;/h9-11,14,16H,4-8H2,1-3H3;1H. The van der Waals surface area contributed by atoms with Gasteiger partial charge in [-0.3, -0.25) is 14.6 Å². The molecule has 1 N–H and O–H groups in total. The van der Waals surface area contributed by atoms with E-state index < -0.39 is 0 Å². The SMILES string of the molecule is CC(=O)N(c1nc(CN2CC(C)NCC2C)cs1)C1CC1.Cl. The van der Waals surface area contributed by atoms with Gasteiger partial charge in [0.15, 0.2) is 5.13 Å². The second kappa shape index (κ2) is 7.25. The second-order valence-electron chi connectivity index (χ2n) is 6.33. The molecule has 1 amide bonds. The third-order valence-corrected chi connectivity index (χ3v) is 5.14. The average Bonchev–Trinajstić information content (AvgIpc) is 3.14. The first-order valence-electron chi connectivity index (χ1n) is 7.76. The Morgan fingerprint density at radius 3 is 2.86 bits per heavy atom. The van der Waals surface area contributed by atoms with Crippen LogP contribution in [0.1, 0.15) is 39.3 Å². The molecule has 1 saturated heterocycles. The average molecular weight is 345 g/mol. The Morgan fingerprint density at radius 1 is 1.50 bits per heavy atom. The van der Waals surface area contributed by atoms with Crippen molar-refractivity contribution in [2.45, 2.75) is 58.3 Å². The minimum atomic E-state index is 0. The molecule has 124 valence electrons. The third kappa shape index (κ3) is 3.98. The minimum absolute atomic E-state index is 0. The zero-order valence-corrected chi connectivity index (χ0v) is 15.0. The van der Waals surface area contributed by atoms with Crippen LogP contribution in [-0.2, 0) is 11.3 Å². The maximum Gasteiger partial charge on any atom is 0.225 e. The predicted molar refractivity (Wildman–Crippen MR) is 92.9 cm³/mol. The Balaban J connectivity index is 0.00000176. The maximum atomic E-state index is 11.8. The van der Waals surface area contributed by atoms with Crippen molar-refractivity contribution in [3.63, 3.8) is 0 Å². The van der Waals surface area contributed by atoms with Crippen molar-refractivity contribution in [3.05, 3.63) is 11.1 Å². The predicted octanol–water partition coefficient (Wildman–Crippen LogP) is 2.26. The van der Waals surface area contributed by atoms with Crippen LogP contribution in [0.2, 0.25) is 0 Å². The number of carbonyl (C=O) groups is 1. The van der Waals surface area contributed by atoms with Crippen LogP contribution in [-0.4, -0.2) is 47.0 Å². The van der Waals surface area contributed by atoms with E-state index >= 15 is 0 Å². The highest BCUT2D eigenvalue weighted by Gasteiger charge is 2.34. The lowest BCUT2D eigenvalue weighted by Crippen LogP contribution is -2.53. The Bertz CT molecular complexity index is 519. The fourth-order valence-electron chi connectivity index (χ4n) is 2.89. The molecule has 2 unspecified atom stereocenters. The summed E-state index contributed by atoms with van der Waals surface area (Å²) in [7, 11) is 0. The molecule has 2 aliphatic rings. The summed E-state index contributed by atoms with van der Waals surface area (Å²) in [4.78, 5) is 20.8. The van der Waals surface area contributed by atoms with Gasteiger partial charge in [-0.2, -0.15) is 0 Å². The van der Waals surface area contributed by atoms with E-state index in [1.165, 1.54) is 0 Å². The van der Waals surface area contributed by atoms with E-state index in [0.29, 0.717) is 18.1 Å². The van der Waals surface area contributed by atoms with Gasteiger partial charge in [0.25, 0.3) is 0 Å². The van der Waals surface area contributed by atoms with Gasteiger partial charge in [0.2, 0.25) is 5.91 Å². The molecular weight excluding hydrogens is 320 g/mol. The molecule has 1 saturated carbocycles. The maximum absolute atomic E-state index is 11.8. The molecule has 1 aliphatic carbocycles. The first-order valence-corrected chi connectivity index (χ1v) is 8.64. The molecule has 3 rings (SSSR count). The normalized spacial score (nSPS) is 25.6. The first-order chi connectivity index (χ1) is 10.0. The van der Waals surface area contributed by atoms with Gasteiger partial charge in [0, 0.05) is 50.1 Å². The van der Waals surface area contributed by atoms with Gasteiger partial charge in [-0.05, 0) is 26.7 Å². The Hall–Kier alpha value is -0.690. The molecule has 1 aromatic rings. The fraction of sp³-hybridized carbons (Fsp3) is 0.733. The Kier molecular flexibility index (Phi) is 5.82. The summed E-state index contributed by atoms with van der Waals surface area (Å²) in [5.41, 5.74) is 1.09. The van der Waals surface area contributed by atoms with Crippen LogP contribution in [0.3, 0.4) is 0 Å². The van der Waals surface area contributed by atoms with E-state index in [9.17, 15) is 4.79 Å². The van der Waals surface area contributed by atoms with Gasteiger partial charge in [0.1, 0.15) is 0 Å². The van der Waals surface area contributed by atoms with Gasteiger partial charge in [-0.25, -0.2) is 4.98 Å². The van der Waals surface area contributed by atoms with Crippen LogP contribution >= 0.6 is 23.7 Å². The zero-order chi connectivity index (χ0) is 15.0. The van der Waals surface area contributed by atoms with Gasteiger partial charge >= 0.3 is 0 Å². The van der Waals surface area contributed by atoms with Crippen LogP contribution in [0.4, 0.5) is 5.13 Å². The summed E-state index contributed by atoms with van der Waals surface area (Å²) < 4.78 is 0. The monoisotopic (exact) mass is 344 g/mol. The van der Waals surface area contributed by atoms with Crippen LogP contribution in [0, 0.1) is 0 Å². The van der Waals surface area contributed by atoms with Gasteiger partial charge in [0.05, 0.1) is 5.69 Å². The van der Waals surface area contributed by atoms with Crippen molar-refractivity contribution in [1.29, 1.82) is 0 Å². The highest BCUT2D eigenvalue weighted by molar-refractivity contribution is 7.14. The number of hydrogen-bond donors (Lipinski definition) is 1. The van der Waals surface area contributed by atoms with Crippen molar-refractivity contribution in [3.8, 4) is 0 Å². The van der Waals surface area contributed by atoms with E-state index in [2.05, 4.69) is 29.4 Å². The van der Waals surface area contributed by atoms with E-state index in [4.69, 9.17) is 4.98 Å². The number of amides is 1. The summed E-state index contributed by atoms with van der Waals surface area (Å²) in [6.07, 6.45) is 2.22. The number of thiazole rings is 1. The van der Waals surface area contributed by atoms with Gasteiger partial charge in [-0.1, -0.05) is 0 Å². The summed E-state index contributed by atoms with van der Waals surface area (Å²) in [6.45, 7) is 9.06. The number of halogens is 1. The number of nitrogens with one attached hydrogen (secondary N) is 1. The molecular formula is C15H25ClN4OS. The molecule has 0 radical (unpaired) electrons. The largest absolute Gasteiger partial charge is 0.311 e. The van der Waals surface area contributed by atoms with Crippen molar-refractivity contribution < 1.29 is 4.79 Å². The minimum Gasteiger partial charge on any atom is -0.311 e. The van der Waals surface area contributed by atoms with Crippen molar-refractivity contribution >= 4 is 34.8 Å². The number of hydrogen-bond acceptors (Lipinski definition) is 5. The molecule has 22 heavy (non-hydrogen) atoms.